The number of aromatic amines is 1. The minimum absolute atomic E-state index is 0.00324. The largest absolute Gasteiger partial charge is 0.409 e. The number of H-pyrrole nitrogens is 1. The fourth-order valence-electron chi connectivity index (χ4n) is 1.38. The van der Waals surface area contributed by atoms with Crippen molar-refractivity contribution in [2.45, 2.75) is 33.0 Å². The van der Waals surface area contributed by atoms with Gasteiger partial charge in [0.05, 0.1) is 0 Å². The molecule has 0 radical (unpaired) electrons. The summed E-state index contributed by atoms with van der Waals surface area (Å²) in [6, 6.07) is -0.600. The van der Waals surface area contributed by atoms with Gasteiger partial charge >= 0.3 is 6.18 Å². The molecule has 0 spiro atoms. The first-order valence-electron chi connectivity index (χ1n) is 4.99. The fraction of sp³-hybridized carbons (Fsp3) is 0.600. The van der Waals surface area contributed by atoms with Crippen molar-refractivity contribution in [2.75, 3.05) is 0 Å². The molecule has 0 fully saturated rings. The number of alkyl halides is 3. The maximum absolute atomic E-state index is 12.8. The molecule has 17 heavy (non-hydrogen) atoms. The van der Waals surface area contributed by atoms with Gasteiger partial charge in [0, 0.05) is 6.20 Å². The number of nitrogens with zero attached hydrogens (tertiary/aromatic N) is 1. The van der Waals surface area contributed by atoms with E-state index in [9.17, 15) is 18.0 Å². The Morgan fingerprint density at radius 2 is 2.00 bits per heavy atom. The molecule has 1 atom stereocenters. The molecule has 1 unspecified atom stereocenters. The zero-order chi connectivity index (χ0) is 13.3. The smallest absolute Gasteiger partial charge is 0.339 e. The highest BCUT2D eigenvalue weighted by molar-refractivity contribution is 5.92. The van der Waals surface area contributed by atoms with Crippen LogP contribution < -0.4 is 5.32 Å². The molecule has 0 aliphatic rings. The van der Waals surface area contributed by atoms with Crippen molar-refractivity contribution in [1.82, 2.24) is 15.5 Å². The summed E-state index contributed by atoms with van der Waals surface area (Å²) in [4.78, 5) is 11.5. The molecule has 0 saturated heterocycles. The predicted molar refractivity (Wildman–Crippen MR) is 55.4 cm³/mol. The van der Waals surface area contributed by atoms with Gasteiger partial charge in [0.15, 0.2) is 0 Å². The Hall–Kier alpha value is -1.53. The summed E-state index contributed by atoms with van der Waals surface area (Å²) in [5, 5.41) is 7.79. The summed E-state index contributed by atoms with van der Waals surface area (Å²) < 4.78 is 38.3. The first-order chi connectivity index (χ1) is 7.62. The van der Waals surface area contributed by atoms with Crippen LogP contribution in [0.3, 0.4) is 0 Å². The van der Waals surface area contributed by atoms with Gasteiger partial charge in [-0.2, -0.15) is 18.3 Å². The standard InChI is InChI=1S/C10H14F3N3O/c1-9(2,3)8(10(11,12)13)15-7(17)6-4-5-14-16-6/h4-5,8H,1-3H3,(H,14,16)(H,15,17). The van der Waals surface area contributed by atoms with Gasteiger partial charge in [-0.05, 0) is 11.5 Å². The van der Waals surface area contributed by atoms with Crippen LogP contribution in [0.5, 0.6) is 0 Å². The molecular formula is C10H14F3N3O. The van der Waals surface area contributed by atoms with E-state index in [4.69, 9.17) is 0 Å². The van der Waals surface area contributed by atoms with Gasteiger partial charge in [0.25, 0.3) is 5.91 Å². The molecule has 0 aliphatic carbocycles. The lowest BCUT2D eigenvalue weighted by atomic mass is 9.86. The third kappa shape index (κ3) is 3.47. The lowest BCUT2D eigenvalue weighted by Gasteiger charge is -2.32. The second-order valence-corrected chi connectivity index (χ2v) is 4.78. The highest BCUT2D eigenvalue weighted by Gasteiger charge is 2.47. The van der Waals surface area contributed by atoms with Crippen molar-refractivity contribution in [3.63, 3.8) is 0 Å². The topological polar surface area (TPSA) is 57.8 Å². The number of amides is 1. The van der Waals surface area contributed by atoms with E-state index >= 15 is 0 Å². The number of halogens is 3. The van der Waals surface area contributed by atoms with E-state index in [1.807, 2.05) is 5.32 Å². The Bertz CT molecular complexity index is 364. The van der Waals surface area contributed by atoms with Crippen LogP contribution in [0.4, 0.5) is 13.2 Å². The Morgan fingerprint density at radius 3 is 2.35 bits per heavy atom. The number of hydrogen-bond acceptors (Lipinski definition) is 2. The summed E-state index contributed by atoms with van der Waals surface area (Å²) in [5.41, 5.74) is -1.11. The van der Waals surface area contributed by atoms with Gasteiger partial charge in [-0.25, -0.2) is 0 Å². The minimum atomic E-state index is -4.49. The van der Waals surface area contributed by atoms with Crippen LogP contribution >= 0.6 is 0 Å². The van der Waals surface area contributed by atoms with E-state index in [2.05, 4.69) is 10.2 Å². The van der Waals surface area contributed by atoms with Gasteiger partial charge in [0.1, 0.15) is 11.7 Å². The molecule has 1 aromatic rings. The van der Waals surface area contributed by atoms with Crippen molar-refractivity contribution in [3.05, 3.63) is 18.0 Å². The van der Waals surface area contributed by atoms with E-state index in [1.54, 1.807) is 0 Å². The van der Waals surface area contributed by atoms with Gasteiger partial charge in [-0.15, -0.1) is 0 Å². The van der Waals surface area contributed by atoms with Gasteiger partial charge in [-0.3, -0.25) is 9.89 Å². The van der Waals surface area contributed by atoms with Crippen molar-refractivity contribution >= 4 is 5.91 Å². The summed E-state index contributed by atoms with van der Waals surface area (Å²) in [6.07, 6.45) is -3.19. The van der Waals surface area contributed by atoms with Crippen LogP contribution in [-0.4, -0.2) is 28.3 Å². The molecule has 0 aliphatic heterocycles. The first-order valence-corrected chi connectivity index (χ1v) is 4.99. The quantitative estimate of drug-likeness (QED) is 0.843. The monoisotopic (exact) mass is 249 g/mol. The lowest BCUT2D eigenvalue weighted by molar-refractivity contribution is -0.174. The van der Waals surface area contributed by atoms with E-state index in [1.165, 1.54) is 33.0 Å². The predicted octanol–water partition coefficient (Wildman–Crippen LogP) is 2.12. The van der Waals surface area contributed by atoms with Gasteiger partial charge in [0.2, 0.25) is 0 Å². The number of nitrogens with one attached hydrogen (secondary N) is 2. The normalized spacial score (nSPS) is 14.5. The molecule has 0 aromatic carbocycles. The Labute approximate surface area is 96.6 Å². The second-order valence-electron chi connectivity index (χ2n) is 4.78. The molecule has 1 rings (SSSR count). The fourth-order valence-corrected chi connectivity index (χ4v) is 1.38. The van der Waals surface area contributed by atoms with Crippen LogP contribution in [0.2, 0.25) is 0 Å². The molecule has 96 valence electrons. The molecular weight excluding hydrogens is 235 g/mol. The third-order valence-corrected chi connectivity index (χ3v) is 2.21. The summed E-state index contributed by atoms with van der Waals surface area (Å²) >= 11 is 0. The highest BCUT2D eigenvalue weighted by atomic mass is 19.4. The first kappa shape index (κ1) is 13.5. The molecule has 7 heteroatoms. The summed E-state index contributed by atoms with van der Waals surface area (Å²) in [6.45, 7) is 4.25. The molecule has 0 bridgehead atoms. The van der Waals surface area contributed by atoms with Crippen LogP contribution in [0.1, 0.15) is 31.3 Å². The van der Waals surface area contributed by atoms with E-state index in [0.717, 1.165) is 0 Å². The van der Waals surface area contributed by atoms with Crippen molar-refractivity contribution in [3.8, 4) is 0 Å². The third-order valence-electron chi connectivity index (χ3n) is 2.21. The second kappa shape index (κ2) is 4.38. The van der Waals surface area contributed by atoms with Crippen molar-refractivity contribution < 1.29 is 18.0 Å². The van der Waals surface area contributed by atoms with Crippen molar-refractivity contribution in [1.29, 1.82) is 0 Å². The Morgan fingerprint density at radius 1 is 1.41 bits per heavy atom. The van der Waals surface area contributed by atoms with Crippen molar-refractivity contribution in [2.24, 2.45) is 5.41 Å². The zero-order valence-electron chi connectivity index (χ0n) is 9.72. The van der Waals surface area contributed by atoms with Crippen LogP contribution in [-0.2, 0) is 0 Å². The number of carbonyl (C=O) groups is 1. The molecule has 4 nitrogen and oxygen atoms in total. The van der Waals surface area contributed by atoms with Gasteiger partial charge in [-0.1, -0.05) is 20.8 Å². The Balaban J connectivity index is 2.85. The summed E-state index contributed by atoms with van der Waals surface area (Å²) in [7, 11) is 0. The minimum Gasteiger partial charge on any atom is -0.339 e. The number of carbonyl (C=O) groups excluding carboxylic acids is 1. The number of rotatable bonds is 2. The van der Waals surface area contributed by atoms with Crippen LogP contribution in [0.15, 0.2) is 12.3 Å². The average Bonchev–Trinajstić information content (AvgIpc) is 2.62. The van der Waals surface area contributed by atoms with E-state index < -0.39 is 23.5 Å². The molecule has 0 saturated carbocycles. The van der Waals surface area contributed by atoms with E-state index in [-0.39, 0.29) is 5.69 Å². The van der Waals surface area contributed by atoms with Crippen LogP contribution in [0, 0.1) is 5.41 Å². The zero-order valence-corrected chi connectivity index (χ0v) is 9.72. The Kier molecular flexibility index (Phi) is 3.49. The SMILES string of the molecule is CC(C)(C)C(NC(=O)c1ccn[nH]1)C(F)(F)F. The van der Waals surface area contributed by atoms with Gasteiger partial charge < -0.3 is 5.32 Å². The highest BCUT2D eigenvalue weighted by Crippen LogP contribution is 2.33. The lowest BCUT2D eigenvalue weighted by Crippen LogP contribution is -2.53. The maximum atomic E-state index is 12.8. The molecule has 2 N–H and O–H groups in total. The maximum Gasteiger partial charge on any atom is 0.409 e. The summed E-state index contributed by atoms with van der Waals surface area (Å²) in [5.74, 6) is -0.820. The number of aromatic nitrogens is 2. The van der Waals surface area contributed by atoms with E-state index in [0.29, 0.717) is 0 Å². The molecule has 1 amide bonds. The average molecular weight is 249 g/mol. The van der Waals surface area contributed by atoms with Crippen LogP contribution in [0.25, 0.3) is 0 Å². The molecule has 1 heterocycles. The molecule has 1 aromatic heterocycles. The number of hydrogen-bond donors (Lipinski definition) is 2.